The van der Waals surface area contributed by atoms with Gasteiger partial charge in [0.05, 0.1) is 0 Å². The molecule has 1 nitrogen and oxygen atoms in total. The van der Waals surface area contributed by atoms with Crippen LogP contribution < -0.4 is 0 Å². The van der Waals surface area contributed by atoms with Crippen LogP contribution in [0.3, 0.4) is 0 Å². The lowest BCUT2D eigenvalue weighted by molar-refractivity contribution is 0.413. The van der Waals surface area contributed by atoms with Gasteiger partial charge in [-0.2, -0.15) is 0 Å². The van der Waals surface area contributed by atoms with Crippen molar-refractivity contribution < 1.29 is 0 Å². The predicted octanol–water partition coefficient (Wildman–Crippen LogP) is 5.04. The second-order valence-electron chi connectivity index (χ2n) is 6.98. The number of hydrogen-bond acceptors (Lipinski definition) is 2. The van der Waals surface area contributed by atoms with Crippen LogP contribution in [-0.4, -0.2) is 25.5 Å². The van der Waals surface area contributed by atoms with Crippen LogP contribution in [0.2, 0.25) is 0 Å². The third-order valence-electron chi connectivity index (χ3n) is 5.14. The first-order valence-electron chi connectivity index (χ1n) is 8.05. The van der Waals surface area contributed by atoms with E-state index in [0.29, 0.717) is 0 Å². The number of thiophene rings is 1. The van der Waals surface area contributed by atoms with Gasteiger partial charge in [-0.05, 0) is 79.6 Å². The summed E-state index contributed by atoms with van der Waals surface area (Å²) in [6.45, 7) is 1.13. The first-order chi connectivity index (χ1) is 10.2. The number of hydrogen-bond donors (Lipinski definition) is 0. The second-order valence-corrected chi connectivity index (χ2v) is 7.90. The minimum absolute atomic E-state index is 0.811. The van der Waals surface area contributed by atoms with Crippen LogP contribution in [-0.2, 0) is 0 Å². The van der Waals surface area contributed by atoms with E-state index < -0.39 is 0 Å². The fourth-order valence-electron chi connectivity index (χ4n) is 4.42. The van der Waals surface area contributed by atoms with E-state index in [9.17, 15) is 0 Å². The maximum absolute atomic E-state index is 2.36. The standard InChI is InChI=1S/C19H23NS/c1-20(2)12-16-11-13-6-7-15(10-13)18(16)17-5-3-4-14-8-9-21-19(14)17/h3-5,8-9,13,15H,6-7,10-12H2,1-2H3/t13-,15+/m1/s1. The number of fused-ring (bicyclic) bond motifs is 3. The molecule has 0 N–H and O–H groups in total. The summed E-state index contributed by atoms with van der Waals surface area (Å²) in [6, 6.07) is 9.12. The number of benzene rings is 1. The second kappa shape index (κ2) is 5.26. The van der Waals surface area contributed by atoms with Gasteiger partial charge < -0.3 is 4.90 Å². The highest BCUT2D eigenvalue weighted by Gasteiger charge is 2.35. The average molecular weight is 297 g/mol. The SMILES string of the molecule is CN(C)CC1=C(c2cccc3ccsc23)[C@H]2CC[C@@H](C1)C2. The average Bonchev–Trinajstić information content (AvgIpc) is 3.05. The predicted molar refractivity (Wildman–Crippen MR) is 92.7 cm³/mol. The molecule has 0 radical (unpaired) electrons. The Hall–Kier alpha value is -1.12. The highest BCUT2D eigenvalue weighted by Crippen LogP contribution is 2.50. The van der Waals surface area contributed by atoms with Crippen molar-refractivity contribution in [3.63, 3.8) is 0 Å². The van der Waals surface area contributed by atoms with Gasteiger partial charge in [-0.3, -0.25) is 0 Å². The molecule has 21 heavy (non-hydrogen) atoms. The molecule has 1 saturated carbocycles. The minimum atomic E-state index is 0.811. The summed E-state index contributed by atoms with van der Waals surface area (Å²) >= 11 is 1.91. The van der Waals surface area contributed by atoms with Gasteiger partial charge in [0.15, 0.2) is 0 Å². The monoisotopic (exact) mass is 297 g/mol. The molecule has 2 bridgehead atoms. The lowest BCUT2D eigenvalue weighted by atomic mass is 9.79. The zero-order valence-electron chi connectivity index (χ0n) is 12.9. The van der Waals surface area contributed by atoms with Gasteiger partial charge in [-0.1, -0.05) is 23.8 Å². The molecule has 0 amide bonds. The normalized spacial score (nSPS) is 25.3. The summed E-state index contributed by atoms with van der Waals surface area (Å²) < 4.78 is 1.49. The summed E-state index contributed by atoms with van der Waals surface area (Å²) in [5.41, 5.74) is 4.94. The van der Waals surface area contributed by atoms with Gasteiger partial charge in [-0.25, -0.2) is 0 Å². The van der Waals surface area contributed by atoms with Crippen LogP contribution in [0.5, 0.6) is 0 Å². The van der Waals surface area contributed by atoms with Gasteiger partial charge >= 0.3 is 0 Å². The number of nitrogens with zero attached hydrogens (tertiary/aromatic N) is 1. The summed E-state index contributed by atoms with van der Waals surface area (Å²) in [5, 5.41) is 3.65. The molecule has 1 aromatic carbocycles. The Morgan fingerprint density at radius 1 is 1.19 bits per heavy atom. The Bertz CT molecular complexity index is 694. The molecule has 2 heteroatoms. The molecular formula is C19H23NS. The van der Waals surface area contributed by atoms with E-state index in [4.69, 9.17) is 0 Å². The molecule has 1 heterocycles. The Morgan fingerprint density at radius 2 is 2.10 bits per heavy atom. The van der Waals surface area contributed by atoms with Crippen molar-refractivity contribution in [2.75, 3.05) is 20.6 Å². The summed E-state index contributed by atoms with van der Waals surface area (Å²) in [4.78, 5) is 2.34. The van der Waals surface area contributed by atoms with Crippen LogP contribution in [0, 0.1) is 11.8 Å². The van der Waals surface area contributed by atoms with Gasteiger partial charge in [-0.15, -0.1) is 11.3 Å². The highest BCUT2D eigenvalue weighted by molar-refractivity contribution is 7.17. The Morgan fingerprint density at radius 3 is 2.95 bits per heavy atom. The Labute approximate surface area is 131 Å². The van der Waals surface area contributed by atoms with Crippen molar-refractivity contribution >= 4 is 27.0 Å². The zero-order valence-corrected chi connectivity index (χ0v) is 13.7. The third-order valence-corrected chi connectivity index (χ3v) is 6.11. The molecular weight excluding hydrogens is 274 g/mol. The number of rotatable bonds is 3. The van der Waals surface area contributed by atoms with Crippen molar-refractivity contribution in [3.8, 4) is 0 Å². The van der Waals surface area contributed by atoms with Crippen LogP contribution in [0.25, 0.3) is 15.7 Å². The third kappa shape index (κ3) is 2.35. The molecule has 2 atom stereocenters. The number of likely N-dealkylation sites (N-methyl/N-ethyl adjacent to an activating group) is 1. The zero-order chi connectivity index (χ0) is 14.4. The van der Waals surface area contributed by atoms with E-state index >= 15 is 0 Å². The molecule has 0 saturated heterocycles. The van der Waals surface area contributed by atoms with Crippen molar-refractivity contribution in [1.29, 1.82) is 0 Å². The molecule has 2 aliphatic carbocycles. The van der Waals surface area contributed by atoms with Gasteiger partial charge in [0.25, 0.3) is 0 Å². The van der Waals surface area contributed by atoms with Crippen molar-refractivity contribution in [2.45, 2.75) is 25.7 Å². The highest BCUT2D eigenvalue weighted by atomic mass is 32.1. The van der Waals surface area contributed by atoms with Crippen LogP contribution >= 0.6 is 11.3 Å². The van der Waals surface area contributed by atoms with Crippen LogP contribution in [0.4, 0.5) is 0 Å². The van der Waals surface area contributed by atoms with Gasteiger partial charge in [0.1, 0.15) is 0 Å². The first kappa shape index (κ1) is 13.5. The molecule has 2 aliphatic rings. The maximum atomic E-state index is 2.36. The van der Waals surface area contributed by atoms with E-state index in [-0.39, 0.29) is 0 Å². The molecule has 1 fully saturated rings. The van der Waals surface area contributed by atoms with E-state index in [1.807, 2.05) is 11.3 Å². The minimum Gasteiger partial charge on any atom is -0.305 e. The van der Waals surface area contributed by atoms with E-state index in [1.165, 1.54) is 41.3 Å². The molecule has 0 unspecified atom stereocenters. The van der Waals surface area contributed by atoms with Crippen molar-refractivity contribution in [1.82, 2.24) is 4.90 Å². The molecule has 4 rings (SSSR count). The fraction of sp³-hybridized carbons (Fsp3) is 0.474. The maximum Gasteiger partial charge on any atom is 0.0417 e. The lowest BCUT2D eigenvalue weighted by Gasteiger charge is -2.29. The lowest BCUT2D eigenvalue weighted by Crippen LogP contribution is -2.21. The number of allylic oxidation sites excluding steroid dienone is 1. The molecule has 0 spiro atoms. The van der Waals surface area contributed by atoms with Crippen molar-refractivity contribution in [2.24, 2.45) is 11.8 Å². The van der Waals surface area contributed by atoms with Crippen LogP contribution in [0.1, 0.15) is 31.2 Å². The molecule has 110 valence electrons. The summed E-state index contributed by atoms with van der Waals surface area (Å²) in [6.07, 6.45) is 5.59. The largest absolute Gasteiger partial charge is 0.305 e. The first-order valence-corrected chi connectivity index (χ1v) is 8.93. The topological polar surface area (TPSA) is 3.24 Å². The molecule has 1 aromatic heterocycles. The summed E-state index contributed by atoms with van der Waals surface area (Å²) in [7, 11) is 4.40. The van der Waals surface area contributed by atoms with Crippen LogP contribution in [0.15, 0.2) is 35.2 Å². The Balaban J connectivity index is 1.89. The molecule has 0 aliphatic heterocycles. The van der Waals surface area contributed by atoms with E-state index in [2.05, 4.69) is 48.6 Å². The van der Waals surface area contributed by atoms with Gasteiger partial charge in [0.2, 0.25) is 0 Å². The summed E-state index contributed by atoms with van der Waals surface area (Å²) in [5.74, 6) is 1.77. The van der Waals surface area contributed by atoms with E-state index in [1.54, 1.807) is 11.1 Å². The quantitative estimate of drug-likeness (QED) is 0.767. The molecule has 2 aromatic rings. The van der Waals surface area contributed by atoms with Gasteiger partial charge in [0, 0.05) is 11.2 Å². The van der Waals surface area contributed by atoms with Crippen molar-refractivity contribution in [3.05, 3.63) is 40.8 Å². The smallest absolute Gasteiger partial charge is 0.0417 e. The fourth-order valence-corrected chi connectivity index (χ4v) is 5.34. The Kier molecular flexibility index (Phi) is 3.39. The van der Waals surface area contributed by atoms with E-state index in [0.717, 1.165) is 18.4 Å².